The Morgan fingerprint density at radius 3 is 2.49 bits per heavy atom. The minimum atomic E-state index is -0.805. The number of halogens is 1. The second-order valence-electron chi connectivity index (χ2n) is 11.3. The topological polar surface area (TPSA) is 133 Å². The van der Waals surface area contributed by atoms with Gasteiger partial charge in [-0.2, -0.15) is 0 Å². The van der Waals surface area contributed by atoms with Crippen molar-refractivity contribution in [2.24, 2.45) is 0 Å². The lowest BCUT2D eigenvalue weighted by atomic mass is 10.0. The van der Waals surface area contributed by atoms with E-state index in [1.807, 2.05) is 25.1 Å². The number of alkyl halides is 1. The molecule has 0 atom stereocenters. The number of anilines is 1. The van der Waals surface area contributed by atoms with Crippen LogP contribution < -0.4 is 29.4 Å². The molecule has 1 amide bonds. The van der Waals surface area contributed by atoms with Crippen molar-refractivity contribution < 1.29 is 33.6 Å². The number of hydrogen-bond acceptors (Lipinski definition) is 10. The van der Waals surface area contributed by atoms with E-state index in [9.17, 15) is 19.5 Å². The maximum atomic E-state index is 14.3. The number of esters is 1. The Labute approximate surface area is 278 Å². The van der Waals surface area contributed by atoms with Crippen LogP contribution in [0.15, 0.2) is 59.5 Å². The Bertz CT molecular complexity index is 2080. The van der Waals surface area contributed by atoms with Crippen LogP contribution >= 0.6 is 15.9 Å². The summed E-state index contributed by atoms with van der Waals surface area (Å²) in [6.45, 7) is 0.590. The van der Waals surface area contributed by atoms with Crippen LogP contribution in [0, 0.1) is 0 Å². The van der Waals surface area contributed by atoms with Crippen LogP contribution in [0.3, 0.4) is 0 Å². The van der Waals surface area contributed by atoms with Crippen molar-refractivity contribution in [2.45, 2.75) is 26.0 Å². The number of amides is 1. The number of nitrogens with zero attached hydrogens (tertiary/aromatic N) is 4. The van der Waals surface area contributed by atoms with Crippen molar-refractivity contribution in [2.75, 3.05) is 44.7 Å². The van der Waals surface area contributed by atoms with Crippen molar-refractivity contribution in [3.05, 3.63) is 70.6 Å². The van der Waals surface area contributed by atoms with E-state index in [0.29, 0.717) is 74.8 Å². The number of hydrogen-bond donors (Lipinski definition) is 1. The van der Waals surface area contributed by atoms with Crippen molar-refractivity contribution in [3.8, 4) is 23.0 Å². The summed E-state index contributed by atoms with van der Waals surface area (Å²) in [7, 11) is 5.34. The monoisotopic (exact) mass is 704 g/mol. The maximum absolute atomic E-state index is 14.3. The normalized spacial score (nSPS) is 12.3. The van der Waals surface area contributed by atoms with E-state index >= 15 is 0 Å². The Hall–Kier alpha value is -4.72. The molecule has 1 aliphatic heterocycles. The van der Waals surface area contributed by atoms with Gasteiger partial charge in [0.15, 0.2) is 17.2 Å². The Morgan fingerprint density at radius 2 is 1.74 bits per heavy atom. The molecule has 0 aliphatic carbocycles. The molecule has 6 rings (SSSR count). The number of aliphatic hydroxyl groups excluding tert-OH is 1. The van der Waals surface area contributed by atoms with Crippen molar-refractivity contribution in [3.63, 3.8) is 0 Å². The molecule has 244 valence electrons. The molecular formula is C34H33BrN4O8. The summed E-state index contributed by atoms with van der Waals surface area (Å²) in [4.78, 5) is 47.9. The number of carbonyl (C=O) groups is 2. The predicted octanol–water partition coefficient (Wildman–Crippen LogP) is 5.20. The van der Waals surface area contributed by atoms with E-state index in [2.05, 4.69) is 20.9 Å². The molecule has 47 heavy (non-hydrogen) atoms. The fourth-order valence-corrected chi connectivity index (χ4v) is 5.81. The molecule has 0 radical (unpaired) electrons. The van der Waals surface area contributed by atoms with Gasteiger partial charge in [0, 0.05) is 60.5 Å². The lowest BCUT2D eigenvalue weighted by molar-refractivity contribution is -0.134. The second-order valence-corrected chi connectivity index (χ2v) is 12.1. The van der Waals surface area contributed by atoms with E-state index in [1.54, 1.807) is 47.2 Å². The number of aliphatic hydroxyl groups is 1. The fraction of sp³-hybridized carbons (Fsp3) is 0.294. The zero-order chi connectivity index (χ0) is 33.2. The standard InChI is InChI=1S/C34H33BrN4O8/c1-37(2)11-12-39-32-23-15-29-30(45-19-44-29)16-25(23)36-17-24(32)21-13-20(18-40)28(14-22(21)33(39)42)47-34(43)38(3)26-7-4-5-8-27(26)46-31(41)9-6-10-35/h4-5,7-8,13-17,40H,6,9-12,18-19H2,1-3H3. The zero-order valence-corrected chi connectivity index (χ0v) is 27.7. The quantitative estimate of drug-likeness (QED) is 0.0895. The van der Waals surface area contributed by atoms with E-state index in [4.69, 9.17) is 18.9 Å². The van der Waals surface area contributed by atoms with E-state index in [0.717, 1.165) is 5.39 Å². The largest absolute Gasteiger partial charge is 0.454 e. The minimum Gasteiger partial charge on any atom is -0.454 e. The van der Waals surface area contributed by atoms with Gasteiger partial charge in [-0.05, 0) is 56.2 Å². The molecule has 2 aromatic heterocycles. The van der Waals surface area contributed by atoms with Crippen LogP contribution in [0.2, 0.25) is 0 Å². The van der Waals surface area contributed by atoms with Gasteiger partial charge in [0.1, 0.15) is 5.75 Å². The van der Waals surface area contributed by atoms with Gasteiger partial charge in [-0.15, -0.1) is 0 Å². The number of carbonyl (C=O) groups excluding carboxylic acids is 2. The van der Waals surface area contributed by atoms with Crippen molar-refractivity contribution in [1.29, 1.82) is 0 Å². The molecule has 3 aromatic carbocycles. The average Bonchev–Trinajstić information content (AvgIpc) is 3.53. The third-order valence-corrected chi connectivity index (χ3v) is 8.51. The van der Waals surface area contributed by atoms with Gasteiger partial charge >= 0.3 is 12.1 Å². The van der Waals surface area contributed by atoms with E-state index in [1.165, 1.54) is 18.0 Å². The first-order valence-corrected chi connectivity index (χ1v) is 16.1. The van der Waals surface area contributed by atoms with Crippen molar-refractivity contribution in [1.82, 2.24) is 14.5 Å². The highest BCUT2D eigenvalue weighted by Crippen LogP contribution is 2.39. The Kier molecular flexibility index (Phi) is 9.30. The molecule has 0 fully saturated rings. The van der Waals surface area contributed by atoms with E-state index in [-0.39, 0.29) is 30.3 Å². The smallest absolute Gasteiger partial charge is 0.419 e. The highest BCUT2D eigenvalue weighted by atomic mass is 79.9. The molecule has 1 aliphatic rings. The van der Waals surface area contributed by atoms with Gasteiger partial charge in [0.05, 0.1) is 28.7 Å². The molecule has 0 saturated carbocycles. The third kappa shape index (κ3) is 6.33. The average molecular weight is 706 g/mol. The van der Waals surface area contributed by atoms with Crippen LogP contribution in [0.25, 0.3) is 32.6 Å². The summed E-state index contributed by atoms with van der Waals surface area (Å²) in [6.07, 6.45) is 1.71. The molecule has 0 saturated heterocycles. The lowest BCUT2D eigenvalue weighted by Gasteiger charge is -2.21. The lowest BCUT2D eigenvalue weighted by Crippen LogP contribution is -2.30. The van der Waals surface area contributed by atoms with Crippen LogP contribution in [-0.4, -0.2) is 71.4 Å². The fourth-order valence-electron chi connectivity index (χ4n) is 5.53. The first-order chi connectivity index (χ1) is 22.7. The molecule has 1 N–H and O–H groups in total. The molecule has 5 aromatic rings. The van der Waals surface area contributed by atoms with Crippen LogP contribution in [0.4, 0.5) is 10.5 Å². The summed E-state index contributed by atoms with van der Waals surface area (Å²) < 4.78 is 24.2. The van der Waals surface area contributed by atoms with Gasteiger partial charge in [-0.1, -0.05) is 28.1 Å². The SMILES string of the molecule is CN(C)CCn1c(=O)c2cc(OC(=O)N(C)c3ccccc3OC(=O)CCCBr)c(CO)cc2c2cnc3cc4c(cc3c21)OCO4. The molecule has 0 bridgehead atoms. The third-order valence-electron chi connectivity index (χ3n) is 7.95. The first kappa shape index (κ1) is 32.2. The number of pyridine rings is 2. The zero-order valence-electron chi connectivity index (χ0n) is 26.1. The number of para-hydroxylation sites is 2. The van der Waals surface area contributed by atoms with E-state index < -0.39 is 18.7 Å². The summed E-state index contributed by atoms with van der Waals surface area (Å²) >= 11 is 3.30. The number of aromatic nitrogens is 2. The molecule has 13 heteroatoms. The Morgan fingerprint density at radius 1 is 0.979 bits per heavy atom. The number of likely N-dealkylation sites (N-methyl/N-ethyl adjacent to an activating group) is 1. The molecule has 12 nitrogen and oxygen atoms in total. The summed E-state index contributed by atoms with van der Waals surface area (Å²) in [6, 6.07) is 13.4. The number of fused-ring (bicyclic) bond motifs is 6. The molecule has 0 unspecified atom stereocenters. The minimum absolute atomic E-state index is 0.0244. The molecule has 3 heterocycles. The van der Waals surface area contributed by atoms with Gasteiger partial charge < -0.3 is 33.5 Å². The first-order valence-electron chi connectivity index (χ1n) is 15.0. The van der Waals surface area contributed by atoms with Crippen LogP contribution in [-0.2, 0) is 17.9 Å². The highest BCUT2D eigenvalue weighted by molar-refractivity contribution is 9.09. The number of rotatable bonds is 10. The van der Waals surface area contributed by atoms with Crippen molar-refractivity contribution >= 4 is 66.3 Å². The summed E-state index contributed by atoms with van der Waals surface area (Å²) in [5, 5.41) is 13.3. The number of benzene rings is 3. The molecule has 0 spiro atoms. The van der Waals surface area contributed by atoms with Gasteiger partial charge in [0.2, 0.25) is 6.79 Å². The van der Waals surface area contributed by atoms with Crippen LogP contribution in [0.1, 0.15) is 18.4 Å². The van der Waals surface area contributed by atoms with Gasteiger partial charge in [-0.3, -0.25) is 19.5 Å². The second kappa shape index (κ2) is 13.6. The molecular weight excluding hydrogens is 672 g/mol. The summed E-state index contributed by atoms with van der Waals surface area (Å²) in [5.41, 5.74) is 1.63. The number of ether oxygens (including phenoxy) is 4. The predicted molar refractivity (Wildman–Crippen MR) is 181 cm³/mol. The maximum Gasteiger partial charge on any atom is 0.419 e. The van der Waals surface area contributed by atoms with Crippen LogP contribution in [0.5, 0.6) is 23.0 Å². The summed E-state index contributed by atoms with van der Waals surface area (Å²) in [5.74, 6) is 0.945. The Balaban J connectivity index is 1.43. The highest BCUT2D eigenvalue weighted by Gasteiger charge is 2.24. The van der Waals surface area contributed by atoms with Gasteiger partial charge in [0.25, 0.3) is 5.56 Å². The van der Waals surface area contributed by atoms with Gasteiger partial charge in [-0.25, -0.2) is 4.79 Å².